The molecule has 0 saturated heterocycles. The lowest BCUT2D eigenvalue weighted by Gasteiger charge is -2.07. The van der Waals surface area contributed by atoms with Gasteiger partial charge in [-0.15, -0.1) is 5.73 Å². The molecule has 0 unspecified atom stereocenters. The van der Waals surface area contributed by atoms with Gasteiger partial charge in [0, 0.05) is 0 Å². The third kappa shape index (κ3) is 2.85. The quantitative estimate of drug-likeness (QED) is 0.441. The molecule has 0 aliphatic heterocycles. The molecule has 0 spiro atoms. The summed E-state index contributed by atoms with van der Waals surface area (Å²) >= 11 is 0. The summed E-state index contributed by atoms with van der Waals surface area (Å²) in [6, 6.07) is 7.71. The van der Waals surface area contributed by atoms with E-state index in [1.54, 1.807) is 13.0 Å². The van der Waals surface area contributed by atoms with Crippen molar-refractivity contribution in [2.24, 2.45) is 0 Å². The van der Waals surface area contributed by atoms with E-state index in [0.29, 0.717) is 12.2 Å². The van der Waals surface area contributed by atoms with Crippen LogP contribution in [-0.4, -0.2) is 12.6 Å². The van der Waals surface area contributed by atoms with E-state index in [1.165, 1.54) is 0 Å². The fraction of sp³-hybridized carbons (Fsp3) is 0.286. The fourth-order valence-corrected chi connectivity index (χ4v) is 1.45. The number of carbonyl (C=O) groups is 1. The van der Waals surface area contributed by atoms with Gasteiger partial charge in [0.2, 0.25) is 0 Å². The Bertz CT molecular complexity index is 438. The van der Waals surface area contributed by atoms with Gasteiger partial charge in [0.25, 0.3) is 0 Å². The van der Waals surface area contributed by atoms with Crippen LogP contribution in [0.25, 0.3) is 5.57 Å². The van der Waals surface area contributed by atoms with Crippen molar-refractivity contribution in [2.45, 2.75) is 20.8 Å². The number of aryl methyl sites for hydroxylation is 1. The minimum absolute atomic E-state index is 0.324. The van der Waals surface area contributed by atoms with Crippen molar-refractivity contribution in [1.82, 2.24) is 0 Å². The predicted octanol–water partition coefficient (Wildman–Crippen LogP) is 3.12. The molecule has 0 aliphatic rings. The monoisotopic (exact) mass is 216 g/mol. The van der Waals surface area contributed by atoms with Crippen molar-refractivity contribution in [3.8, 4) is 0 Å². The summed E-state index contributed by atoms with van der Waals surface area (Å²) in [5.74, 6) is -0.324. The zero-order valence-corrected chi connectivity index (χ0v) is 9.91. The summed E-state index contributed by atoms with van der Waals surface area (Å²) in [5.41, 5.74) is 5.35. The van der Waals surface area contributed by atoms with Crippen LogP contribution in [-0.2, 0) is 9.53 Å². The number of hydrogen-bond donors (Lipinski definition) is 0. The number of hydrogen-bond acceptors (Lipinski definition) is 2. The predicted molar refractivity (Wildman–Crippen MR) is 65.0 cm³/mol. The highest BCUT2D eigenvalue weighted by Crippen LogP contribution is 2.18. The van der Waals surface area contributed by atoms with Gasteiger partial charge in [-0.05, 0) is 38.0 Å². The highest BCUT2D eigenvalue weighted by molar-refractivity contribution is 6.16. The van der Waals surface area contributed by atoms with E-state index in [9.17, 15) is 4.79 Å². The number of esters is 1. The van der Waals surface area contributed by atoms with Gasteiger partial charge in [0.1, 0.15) is 5.57 Å². The number of rotatable bonds is 3. The Balaban J connectivity index is 3.20. The van der Waals surface area contributed by atoms with E-state index >= 15 is 0 Å². The van der Waals surface area contributed by atoms with E-state index in [1.807, 2.05) is 38.1 Å². The minimum atomic E-state index is -0.324. The zero-order chi connectivity index (χ0) is 12.0. The largest absolute Gasteiger partial charge is 0.462 e. The normalized spacial score (nSPS) is 9.19. The maximum absolute atomic E-state index is 11.7. The van der Waals surface area contributed by atoms with Gasteiger partial charge in [0.15, 0.2) is 0 Å². The lowest BCUT2D eigenvalue weighted by molar-refractivity contribution is -0.136. The molecule has 16 heavy (non-hydrogen) atoms. The van der Waals surface area contributed by atoms with Crippen molar-refractivity contribution in [1.29, 1.82) is 0 Å². The smallest absolute Gasteiger partial charge is 0.346 e. The number of carbonyl (C=O) groups excluding carboxylic acids is 1. The molecule has 0 N–H and O–H groups in total. The first-order valence-electron chi connectivity index (χ1n) is 5.35. The van der Waals surface area contributed by atoms with Crippen LogP contribution in [0.3, 0.4) is 0 Å². The van der Waals surface area contributed by atoms with Gasteiger partial charge in [-0.3, -0.25) is 0 Å². The second-order valence-corrected chi connectivity index (χ2v) is 3.34. The van der Waals surface area contributed by atoms with Crippen LogP contribution >= 0.6 is 0 Å². The van der Waals surface area contributed by atoms with Gasteiger partial charge in [-0.2, -0.15) is 0 Å². The summed E-state index contributed by atoms with van der Waals surface area (Å²) < 4.78 is 5.01. The fourth-order valence-electron chi connectivity index (χ4n) is 1.45. The summed E-state index contributed by atoms with van der Waals surface area (Å²) in [4.78, 5) is 11.7. The van der Waals surface area contributed by atoms with Crippen LogP contribution in [0.4, 0.5) is 0 Å². The average molecular weight is 216 g/mol. The Morgan fingerprint density at radius 1 is 1.44 bits per heavy atom. The Hall–Kier alpha value is -1.79. The Labute approximate surface area is 96.2 Å². The third-order valence-corrected chi connectivity index (χ3v) is 2.18. The molecule has 0 radical (unpaired) electrons. The van der Waals surface area contributed by atoms with E-state index < -0.39 is 0 Å². The molecular formula is C14H16O2. The summed E-state index contributed by atoms with van der Waals surface area (Å²) in [7, 11) is 0. The maximum atomic E-state index is 11.7. The first-order valence-corrected chi connectivity index (χ1v) is 5.35. The highest BCUT2D eigenvalue weighted by Gasteiger charge is 2.13. The first kappa shape index (κ1) is 12.3. The number of ether oxygens (including phenoxy) is 1. The third-order valence-electron chi connectivity index (χ3n) is 2.18. The van der Waals surface area contributed by atoms with Crippen LogP contribution in [0.15, 0.2) is 36.1 Å². The van der Waals surface area contributed by atoms with E-state index in [2.05, 4.69) is 5.73 Å². The summed E-state index contributed by atoms with van der Waals surface area (Å²) in [5, 5.41) is 0. The molecule has 0 saturated carbocycles. The minimum Gasteiger partial charge on any atom is -0.462 e. The lowest BCUT2D eigenvalue weighted by atomic mass is 10.0. The molecule has 0 heterocycles. The van der Waals surface area contributed by atoms with Gasteiger partial charge in [-0.1, -0.05) is 24.3 Å². The molecule has 0 aromatic heterocycles. The van der Waals surface area contributed by atoms with Crippen molar-refractivity contribution in [3.05, 3.63) is 47.2 Å². The van der Waals surface area contributed by atoms with Gasteiger partial charge < -0.3 is 4.74 Å². The van der Waals surface area contributed by atoms with Crippen molar-refractivity contribution >= 4 is 11.5 Å². The summed E-state index contributed by atoms with van der Waals surface area (Å²) in [6.07, 6.45) is 1.72. The summed E-state index contributed by atoms with van der Waals surface area (Å²) in [6.45, 7) is 5.96. The van der Waals surface area contributed by atoms with E-state index in [0.717, 1.165) is 11.1 Å². The molecule has 1 aromatic carbocycles. The zero-order valence-electron chi connectivity index (χ0n) is 9.91. The highest BCUT2D eigenvalue weighted by atomic mass is 16.5. The lowest BCUT2D eigenvalue weighted by Crippen LogP contribution is -2.07. The maximum Gasteiger partial charge on any atom is 0.346 e. The molecule has 1 rings (SSSR count). The topological polar surface area (TPSA) is 26.3 Å². The van der Waals surface area contributed by atoms with Crippen LogP contribution in [0.5, 0.6) is 0 Å². The van der Waals surface area contributed by atoms with Crippen molar-refractivity contribution in [2.75, 3.05) is 6.61 Å². The van der Waals surface area contributed by atoms with Crippen molar-refractivity contribution in [3.63, 3.8) is 0 Å². The van der Waals surface area contributed by atoms with Gasteiger partial charge in [0.05, 0.1) is 6.61 Å². The van der Waals surface area contributed by atoms with Crippen LogP contribution in [0.1, 0.15) is 25.0 Å². The second-order valence-electron chi connectivity index (χ2n) is 3.34. The van der Waals surface area contributed by atoms with Crippen molar-refractivity contribution < 1.29 is 9.53 Å². The SMILES string of the molecule is CC=C=C(C(=O)OCC)c1ccccc1C. The average Bonchev–Trinajstić information content (AvgIpc) is 2.27. The molecule has 84 valence electrons. The standard InChI is InChI=1S/C14H16O2/c1-4-8-13(14(15)16-5-2)12-10-7-6-9-11(12)3/h4,6-7,9-10H,5H2,1-3H3. The molecule has 0 amide bonds. The molecule has 0 atom stereocenters. The molecule has 2 heteroatoms. The Morgan fingerprint density at radius 2 is 2.12 bits per heavy atom. The first-order chi connectivity index (χ1) is 7.70. The molecule has 0 bridgehead atoms. The molecule has 0 aliphatic carbocycles. The van der Waals surface area contributed by atoms with Gasteiger partial charge in [-0.25, -0.2) is 4.79 Å². The molecular weight excluding hydrogens is 200 g/mol. The molecule has 2 nitrogen and oxygen atoms in total. The van der Waals surface area contributed by atoms with Crippen LogP contribution < -0.4 is 0 Å². The molecule has 1 aromatic rings. The Kier molecular flexibility index (Phi) is 4.56. The van der Waals surface area contributed by atoms with E-state index in [-0.39, 0.29) is 5.97 Å². The molecule has 0 fully saturated rings. The number of benzene rings is 1. The Morgan fingerprint density at radius 3 is 2.69 bits per heavy atom. The van der Waals surface area contributed by atoms with Gasteiger partial charge >= 0.3 is 5.97 Å². The van der Waals surface area contributed by atoms with E-state index in [4.69, 9.17) is 4.74 Å². The van der Waals surface area contributed by atoms with Crippen LogP contribution in [0, 0.1) is 6.92 Å². The second kappa shape index (κ2) is 5.94. The van der Waals surface area contributed by atoms with Crippen LogP contribution in [0.2, 0.25) is 0 Å².